The van der Waals surface area contributed by atoms with Gasteiger partial charge in [0.15, 0.2) is 10.1 Å². The highest BCUT2D eigenvalue weighted by Crippen LogP contribution is 2.31. The van der Waals surface area contributed by atoms with Crippen LogP contribution in [0.2, 0.25) is 0 Å². The maximum absolute atomic E-state index is 13.1. The molecule has 1 fully saturated rings. The van der Waals surface area contributed by atoms with Gasteiger partial charge >= 0.3 is 11.2 Å². The molecule has 2 N–H and O–H groups in total. The Kier molecular flexibility index (Phi) is 6.23. The van der Waals surface area contributed by atoms with Crippen LogP contribution >= 0.6 is 0 Å². The largest absolute Gasteiger partial charge is 0.743 e. The molecule has 1 rings (SSSR count). The van der Waals surface area contributed by atoms with E-state index in [0.717, 1.165) is 12.8 Å². The molecule has 0 radical (unpaired) electrons. The fourth-order valence-electron chi connectivity index (χ4n) is 2.47. The van der Waals surface area contributed by atoms with Gasteiger partial charge in [0.05, 0.1) is 0 Å². The van der Waals surface area contributed by atoms with Gasteiger partial charge < -0.3 is 15.2 Å². The summed E-state index contributed by atoms with van der Waals surface area (Å²) < 4.78 is 57.2. The van der Waals surface area contributed by atoms with E-state index in [1.54, 1.807) is 6.92 Å². The molecule has 0 saturated heterocycles. The lowest BCUT2D eigenvalue weighted by Gasteiger charge is -2.23. The first-order valence-corrected chi connectivity index (χ1v) is 8.43. The minimum absolute atomic E-state index is 0.0314. The summed E-state index contributed by atoms with van der Waals surface area (Å²) >= 11 is 0. The molecule has 132 valence electrons. The summed E-state index contributed by atoms with van der Waals surface area (Å²) in [7, 11) is -6.05. The second-order valence-electron chi connectivity index (χ2n) is 5.62. The summed E-state index contributed by atoms with van der Waals surface area (Å²) in [5.41, 5.74) is 0.341. The quantitative estimate of drug-likeness (QED) is 0.506. The predicted molar refractivity (Wildman–Crippen MR) is 76.3 cm³/mol. The molecular weight excluding hydrogens is 334 g/mol. The van der Waals surface area contributed by atoms with E-state index < -0.39 is 21.3 Å². The number of hydrogen-bond acceptors (Lipinski definition) is 5. The minimum atomic E-state index is -6.05. The third-order valence-electron chi connectivity index (χ3n) is 3.83. The Morgan fingerprint density at radius 3 is 2.13 bits per heavy atom. The average molecular weight is 353 g/mol. The average Bonchev–Trinajstić information content (AvgIpc) is 2.87. The standard InChI is InChI=1S/C13H20F2N2O5S/c1-8(2)11(18)16-6-9-4-3-5-10(9)7-17-12(19)13(14,15)23(20,21)22/h9-10H,1,3-7H2,2H3,(H,16,18)(H,17,19)(H,20,21,22)/p-1. The molecule has 1 saturated carbocycles. The number of amides is 2. The molecule has 0 aromatic rings. The first kappa shape index (κ1) is 19.5. The van der Waals surface area contributed by atoms with Gasteiger partial charge in [-0.15, -0.1) is 0 Å². The van der Waals surface area contributed by atoms with Crippen LogP contribution in [-0.2, 0) is 19.7 Å². The van der Waals surface area contributed by atoms with Crippen LogP contribution in [0, 0.1) is 11.8 Å². The molecule has 0 spiro atoms. The lowest BCUT2D eigenvalue weighted by molar-refractivity contribution is -0.136. The van der Waals surface area contributed by atoms with Gasteiger partial charge in [-0.2, -0.15) is 8.78 Å². The number of carbonyl (C=O) groups excluding carboxylic acids is 2. The summed E-state index contributed by atoms with van der Waals surface area (Å²) in [6, 6.07) is 0. The van der Waals surface area contributed by atoms with Crippen molar-refractivity contribution in [1.82, 2.24) is 10.6 Å². The van der Waals surface area contributed by atoms with E-state index >= 15 is 0 Å². The third-order valence-corrected chi connectivity index (χ3v) is 4.65. The van der Waals surface area contributed by atoms with Crippen molar-refractivity contribution in [3.63, 3.8) is 0 Å². The highest BCUT2D eigenvalue weighted by atomic mass is 32.2. The molecule has 0 aromatic carbocycles. The van der Waals surface area contributed by atoms with Gasteiger partial charge in [-0.1, -0.05) is 13.0 Å². The Balaban J connectivity index is 2.55. The van der Waals surface area contributed by atoms with Crippen molar-refractivity contribution >= 4 is 21.9 Å². The summed E-state index contributed by atoms with van der Waals surface area (Å²) in [4.78, 5) is 22.6. The molecule has 1 aliphatic carbocycles. The van der Waals surface area contributed by atoms with Crippen LogP contribution < -0.4 is 10.6 Å². The van der Waals surface area contributed by atoms with Crippen LogP contribution in [0.5, 0.6) is 0 Å². The van der Waals surface area contributed by atoms with E-state index in [0.29, 0.717) is 18.5 Å². The zero-order chi connectivity index (χ0) is 17.8. The van der Waals surface area contributed by atoms with Gasteiger partial charge in [0.25, 0.3) is 0 Å². The van der Waals surface area contributed by atoms with Crippen LogP contribution in [0.4, 0.5) is 8.78 Å². The van der Waals surface area contributed by atoms with Crippen LogP contribution in [0.3, 0.4) is 0 Å². The molecule has 0 aromatic heterocycles. The Hall–Kier alpha value is -1.55. The van der Waals surface area contributed by atoms with Gasteiger partial charge in [-0.25, -0.2) is 8.42 Å². The Labute approximate surface area is 133 Å². The van der Waals surface area contributed by atoms with Crippen molar-refractivity contribution in [2.45, 2.75) is 31.4 Å². The minimum Gasteiger partial charge on any atom is -0.743 e. The molecule has 10 heteroatoms. The highest BCUT2D eigenvalue weighted by molar-refractivity contribution is 7.87. The van der Waals surface area contributed by atoms with Crippen molar-refractivity contribution in [2.75, 3.05) is 13.1 Å². The van der Waals surface area contributed by atoms with Crippen LogP contribution in [0.1, 0.15) is 26.2 Å². The molecule has 23 heavy (non-hydrogen) atoms. The molecule has 1 aliphatic rings. The van der Waals surface area contributed by atoms with E-state index in [-0.39, 0.29) is 24.3 Å². The molecular formula is C13H19F2N2O5S-. The fraction of sp³-hybridized carbons (Fsp3) is 0.692. The van der Waals surface area contributed by atoms with Crippen LogP contribution in [-0.4, -0.2) is 43.1 Å². The molecule has 7 nitrogen and oxygen atoms in total. The second-order valence-corrected chi connectivity index (χ2v) is 7.04. The number of alkyl halides is 2. The normalized spacial score (nSPS) is 21.7. The van der Waals surface area contributed by atoms with Crippen molar-refractivity contribution in [1.29, 1.82) is 0 Å². The number of nitrogens with one attached hydrogen (secondary N) is 2. The lowest BCUT2D eigenvalue weighted by atomic mass is 9.96. The predicted octanol–water partition coefficient (Wildman–Crippen LogP) is 0.349. The van der Waals surface area contributed by atoms with Gasteiger partial charge in [-0.05, 0) is 31.6 Å². The fourth-order valence-corrected chi connectivity index (χ4v) is 2.77. The van der Waals surface area contributed by atoms with Crippen LogP contribution in [0.15, 0.2) is 12.2 Å². The molecule has 0 aliphatic heterocycles. The topological polar surface area (TPSA) is 115 Å². The number of rotatable bonds is 7. The van der Waals surface area contributed by atoms with Crippen LogP contribution in [0.25, 0.3) is 0 Å². The van der Waals surface area contributed by atoms with Gasteiger partial charge in [0, 0.05) is 18.7 Å². The van der Waals surface area contributed by atoms with E-state index in [4.69, 9.17) is 0 Å². The van der Waals surface area contributed by atoms with E-state index in [9.17, 15) is 31.3 Å². The first-order chi connectivity index (χ1) is 10.5. The maximum Gasteiger partial charge on any atom is 0.410 e. The Bertz CT molecular complexity index is 591. The van der Waals surface area contributed by atoms with Gasteiger partial charge in [0.1, 0.15) is 0 Å². The molecule has 2 unspecified atom stereocenters. The number of carbonyl (C=O) groups is 2. The monoisotopic (exact) mass is 353 g/mol. The molecule has 2 atom stereocenters. The number of hydrogen-bond donors (Lipinski definition) is 2. The second kappa shape index (κ2) is 7.35. The van der Waals surface area contributed by atoms with Gasteiger partial charge in [0.2, 0.25) is 5.91 Å². The zero-order valence-electron chi connectivity index (χ0n) is 12.6. The van der Waals surface area contributed by atoms with E-state index in [1.165, 1.54) is 0 Å². The smallest absolute Gasteiger partial charge is 0.410 e. The SMILES string of the molecule is C=C(C)C(=O)NCC1CCCC1CNC(=O)C(F)(F)S(=O)(=O)[O-]. The summed E-state index contributed by atoms with van der Waals surface area (Å²) in [5.74, 6) is -2.65. The molecule has 2 amide bonds. The van der Waals surface area contributed by atoms with Crippen molar-refractivity contribution < 1.29 is 31.3 Å². The summed E-state index contributed by atoms with van der Waals surface area (Å²) in [5, 5.41) is -0.526. The Morgan fingerprint density at radius 1 is 1.22 bits per heavy atom. The summed E-state index contributed by atoms with van der Waals surface area (Å²) in [6.07, 6.45) is 2.18. The lowest BCUT2D eigenvalue weighted by Crippen LogP contribution is -2.47. The zero-order valence-corrected chi connectivity index (χ0v) is 13.4. The highest BCUT2D eigenvalue weighted by Gasteiger charge is 2.46. The van der Waals surface area contributed by atoms with Crippen molar-refractivity contribution in [3.8, 4) is 0 Å². The van der Waals surface area contributed by atoms with Gasteiger partial charge in [-0.3, -0.25) is 9.59 Å². The van der Waals surface area contributed by atoms with E-state index in [1.807, 2.05) is 5.32 Å². The maximum atomic E-state index is 13.1. The van der Waals surface area contributed by atoms with Crippen molar-refractivity contribution in [2.24, 2.45) is 11.8 Å². The Morgan fingerprint density at radius 2 is 1.70 bits per heavy atom. The third kappa shape index (κ3) is 4.96. The molecule has 0 heterocycles. The summed E-state index contributed by atoms with van der Waals surface area (Å²) in [6.45, 7) is 5.16. The van der Waals surface area contributed by atoms with Crippen molar-refractivity contribution in [3.05, 3.63) is 12.2 Å². The molecule has 0 bridgehead atoms. The first-order valence-electron chi connectivity index (χ1n) is 7.02. The number of halogens is 2. The van der Waals surface area contributed by atoms with E-state index in [2.05, 4.69) is 11.9 Å².